The fraction of sp³-hybridized carbons (Fsp3) is 0.0909. The van der Waals surface area contributed by atoms with Gasteiger partial charge >= 0.3 is 5.97 Å². The molecule has 1 unspecified atom stereocenters. The molecule has 29 heavy (non-hydrogen) atoms. The van der Waals surface area contributed by atoms with Gasteiger partial charge in [-0.3, -0.25) is 19.6 Å². The summed E-state index contributed by atoms with van der Waals surface area (Å²) in [6.45, 7) is 0. The Morgan fingerprint density at radius 2 is 1.62 bits per heavy atom. The van der Waals surface area contributed by atoms with Crippen LogP contribution in [-0.4, -0.2) is 31.7 Å². The molecule has 3 aromatic heterocycles. The topological polar surface area (TPSA) is 94.9 Å². The van der Waals surface area contributed by atoms with Gasteiger partial charge < -0.3 is 4.74 Å². The largest absolute Gasteiger partial charge is 0.447 e. The van der Waals surface area contributed by atoms with Crippen LogP contribution in [0.15, 0.2) is 79.3 Å². The Kier molecular flexibility index (Phi) is 5.29. The fourth-order valence-electron chi connectivity index (χ4n) is 2.82. The number of pyridine rings is 2. The average molecular weight is 384 g/mol. The van der Waals surface area contributed by atoms with Crippen molar-refractivity contribution in [3.05, 3.63) is 96.5 Å². The van der Waals surface area contributed by atoms with E-state index in [4.69, 9.17) is 4.74 Å². The van der Waals surface area contributed by atoms with Crippen LogP contribution < -0.4 is 0 Å². The van der Waals surface area contributed by atoms with E-state index in [-0.39, 0.29) is 12.1 Å². The molecule has 0 fully saturated rings. The summed E-state index contributed by atoms with van der Waals surface area (Å²) in [5.41, 5.74) is 1.25. The molecule has 0 bridgehead atoms. The number of rotatable bonds is 6. The van der Waals surface area contributed by atoms with Crippen LogP contribution in [0.2, 0.25) is 0 Å². The standard InChI is InChI=1S/C22H16N4O3/c27-20(13-19-25-14-15-7-1-2-8-16(15)26-19)29-22(18-10-4-6-12-24-18)21(28)17-9-3-5-11-23-17/h1-12,14,22H,13H2. The van der Waals surface area contributed by atoms with Crippen LogP contribution in [0.25, 0.3) is 10.9 Å². The minimum absolute atomic E-state index is 0.163. The van der Waals surface area contributed by atoms with Crippen molar-refractivity contribution in [3.8, 4) is 0 Å². The maximum absolute atomic E-state index is 12.9. The third-order valence-electron chi connectivity index (χ3n) is 4.20. The number of ketones is 1. The van der Waals surface area contributed by atoms with Gasteiger partial charge in [0, 0.05) is 24.0 Å². The third kappa shape index (κ3) is 4.30. The van der Waals surface area contributed by atoms with Crippen LogP contribution in [-0.2, 0) is 16.0 Å². The van der Waals surface area contributed by atoms with Crippen molar-refractivity contribution in [1.82, 2.24) is 19.9 Å². The first kappa shape index (κ1) is 18.4. The van der Waals surface area contributed by atoms with E-state index in [2.05, 4.69) is 19.9 Å². The molecule has 0 aliphatic carbocycles. The third-order valence-corrected chi connectivity index (χ3v) is 4.20. The number of carbonyl (C=O) groups excluding carboxylic acids is 2. The predicted molar refractivity (Wildman–Crippen MR) is 105 cm³/mol. The fourth-order valence-corrected chi connectivity index (χ4v) is 2.82. The number of benzene rings is 1. The van der Waals surface area contributed by atoms with E-state index in [1.165, 1.54) is 12.4 Å². The van der Waals surface area contributed by atoms with Gasteiger partial charge in [-0.2, -0.15) is 0 Å². The molecule has 4 rings (SSSR count). The second-order valence-electron chi connectivity index (χ2n) is 6.23. The van der Waals surface area contributed by atoms with E-state index in [0.717, 1.165) is 10.9 Å². The SMILES string of the molecule is O=C(Cc1ncc2ccccc2n1)OC(C(=O)c1ccccn1)c1ccccn1. The molecule has 0 saturated heterocycles. The number of Topliss-reactive ketones (excluding diaryl/α,β-unsaturated/α-hetero) is 1. The van der Waals surface area contributed by atoms with E-state index < -0.39 is 17.9 Å². The molecule has 7 nitrogen and oxygen atoms in total. The van der Waals surface area contributed by atoms with Crippen molar-refractivity contribution in [2.24, 2.45) is 0 Å². The molecule has 1 aromatic carbocycles. The van der Waals surface area contributed by atoms with Crippen molar-refractivity contribution >= 4 is 22.7 Å². The maximum atomic E-state index is 12.9. The Hall–Kier alpha value is -4.00. The minimum Gasteiger partial charge on any atom is -0.447 e. The molecule has 0 aliphatic rings. The summed E-state index contributed by atoms with van der Waals surface area (Å²) >= 11 is 0. The van der Waals surface area contributed by atoms with E-state index in [1.807, 2.05) is 24.3 Å². The first-order valence-electron chi connectivity index (χ1n) is 8.97. The van der Waals surface area contributed by atoms with Gasteiger partial charge in [-0.15, -0.1) is 0 Å². The maximum Gasteiger partial charge on any atom is 0.314 e. The second kappa shape index (κ2) is 8.35. The molecule has 0 radical (unpaired) electrons. The van der Waals surface area contributed by atoms with Gasteiger partial charge in [0.1, 0.15) is 17.9 Å². The molecule has 0 aliphatic heterocycles. The quantitative estimate of drug-likeness (QED) is 0.372. The molecular weight excluding hydrogens is 368 g/mol. The Morgan fingerprint density at radius 3 is 2.38 bits per heavy atom. The molecule has 7 heteroatoms. The Bertz CT molecular complexity index is 1150. The van der Waals surface area contributed by atoms with Crippen molar-refractivity contribution in [1.29, 1.82) is 0 Å². The van der Waals surface area contributed by atoms with E-state index >= 15 is 0 Å². The predicted octanol–water partition coefficient (Wildman–Crippen LogP) is 3.13. The Labute approximate surface area is 166 Å². The average Bonchev–Trinajstić information content (AvgIpc) is 2.78. The molecular formula is C22H16N4O3. The van der Waals surface area contributed by atoms with Gasteiger partial charge in [0.05, 0.1) is 11.2 Å². The van der Waals surface area contributed by atoms with Gasteiger partial charge in [0.25, 0.3) is 0 Å². The van der Waals surface area contributed by atoms with Crippen molar-refractivity contribution in [2.75, 3.05) is 0 Å². The van der Waals surface area contributed by atoms with Gasteiger partial charge in [-0.25, -0.2) is 9.97 Å². The number of hydrogen-bond acceptors (Lipinski definition) is 7. The number of para-hydroxylation sites is 1. The summed E-state index contributed by atoms with van der Waals surface area (Å²) in [6, 6.07) is 17.5. The summed E-state index contributed by atoms with van der Waals surface area (Å²) in [5.74, 6) is -0.754. The second-order valence-corrected chi connectivity index (χ2v) is 6.23. The van der Waals surface area contributed by atoms with Crippen molar-refractivity contribution in [3.63, 3.8) is 0 Å². The lowest BCUT2D eigenvalue weighted by Gasteiger charge is -2.16. The minimum atomic E-state index is -1.20. The van der Waals surface area contributed by atoms with Gasteiger partial charge in [0.2, 0.25) is 11.9 Å². The van der Waals surface area contributed by atoms with Crippen LogP contribution >= 0.6 is 0 Å². The van der Waals surface area contributed by atoms with Gasteiger partial charge in [-0.05, 0) is 30.3 Å². The lowest BCUT2D eigenvalue weighted by molar-refractivity contribution is -0.146. The van der Waals surface area contributed by atoms with E-state index in [9.17, 15) is 9.59 Å². The van der Waals surface area contributed by atoms with Gasteiger partial charge in [0.15, 0.2) is 0 Å². The highest BCUT2D eigenvalue weighted by Gasteiger charge is 2.28. The number of hydrogen-bond donors (Lipinski definition) is 0. The van der Waals surface area contributed by atoms with Crippen molar-refractivity contribution in [2.45, 2.75) is 12.5 Å². The lowest BCUT2D eigenvalue weighted by atomic mass is 10.1. The summed E-state index contributed by atoms with van der Waals surface area (Å²) in [6.07, 6.45) is 3.34. The highest BCUT2D eigenvalue weighted by atomic mass is 16.5. The first-order chi connectivity index (χ1) is 14.2. The number of fused-ring (bicyclic) bond motifs is 1. The van der Waals surface area contributed by atoms with Crippen LogP contribution in [0, 0.1) is 0 Å². The summed E-state index contributed by atoms with van der Waals surface area (Å²) in [5, 5.41) is 0.876. The molecule has 0 amide bonds. The monoisotopic (exact) mass is 384 g/mol. The van der Waals surface area contributed by atoms with Crippen LogP contribution in [0.4, 0.5) is 0 Å². The zero-order valence-corrected chi connectivity index (χ0v) is 15.3. The zero-order valence-electron chi connectivity index (χ0n) is 15.3. The molecule has 142 valence electrons. The first-order valence-corrected chi connectivity index (χ1v) is 8.97. The number of esters is 1. The Morgan fingerprint density at radius 1 is 0.862 bits per heavy atom. The highest BCUT2D eigenvalue weighted by Crippen LogP contribution is 2.21. The number of aromatic nitrogens is 4. The van der Waals surface area contributed by atoms with Gasteiger partial charge in [-0.1, -0.05) is 30.3 Å². The van der Waals surface area contributed by atoms with Crippen LogP contribution in [0.5, 0.6) is 0 Å². The van der Waals surface area contributed by atoms with Crippen LogP contribution in [0.3, 0.4) is 0 Å². The smallest absolute Gasteiger partial charge is 0.314 e. The molecule has 0 saturated carbocycles. The van der Waals surface area contributed by atoms with Crippen LogP contribution in [0.1, 0.15) is 28.1 Å². The number of carbonyl (C=O) groups is 2. The number of ether oxygens (including phenoxy) is 1. The molecule has 0 N–H and O–H groups in total. The Balaban J connectivity index is 1.56. The summed E-state index contributed by atoms with van der Waals surface area (Å²) in [7, 11) is 0. The molecule has 4 aromatic rings. The lowest BCUT2D eigenvalue weighted by Crippen LogP contribution is -2.23. The van der Waals surface area contributed by atoms with E-state index in [0.29, 0.717) is 11.5 Å². The van der Waals surface area contributed by atoms with Crippen molar-refractivity contribution < 1.29 is 14.3 Å². The molecule has 3 heterocycles. The molecule has 1 atom stereocenters. The number of nitrogens with zero attached hydrogens (tertiary/aromatic N) is 4. The zero-order chi connectivity index (χ0) is 20.1. The summed E-state index contributed by atoms with van der Waals surface area (Å²) in [4.78, 5) is 42.3. The summed E-state index contributed by atoms with van der Waals surface area (Å²) < 4.78 is 5.50. The highest BCUT2D eigenvalue weighted by molar-refractivity contribution is 5.99. The van der Waals surface area contributed by atoms with E-state index in [1.54, 1.807) is 42.6 Å². The molecule has 0 spiro atoms. The normalized spacial score (nSPS) is 11.7.